The minimum atomic E-state index is -0.506. The molecule has 0 aliphatic carbocycles. The van der Waals surface area contributed by atoms with Gasteiger partial charge >= 0.3 is 0 Å². The van der Waals surface area contributed by atoms with Crippen molar-refractivity contribution in [3.8, 4) is 0 Å². The Balaban J connectivity index is 1.58. The molecule has 0 unspecified atom stereocenters. The van der Waals surface area contributed by atoms with Crippen LogP contribution in [0.25, 0.3) is 0 Å². The smallest absolute Gasteiger partial charge is 0.248 e. The number of nitrogens with zero attached hydrogens (tertiary/aromatic N) is 2. The van der Waals surface area contributed by atoms with Crippen LogP contribution in [0.4, 0.5) is 16.6 Å². The van der Waals surface area contributed by atoms with Crippen molar-refractivity contribution < 1.29 is 9.59 Å². The van der Waals surface area contributed by atoms with Gasteiger partial charge in [0.15, 0.2) is 5.13 Å². The standard InChI is InChI=1S/C18H17N5O2S/c1-11-3-2-4-15(20-11)23-18-22-14(10-26-18)9-16(24)21-13-7-5-12(6-8-13)17(19)25/h2-8,10H,9H2,1H3,(H2,19,25)(H,21,24)(H,20,22,23). The van der Waals surface area contributed by atoms with Crippen LogP contribution in [0.15, 0.2) is 47.8 Å². The van der Waals surface area contributed by atoms with Crippen LogP contribution < -0.4 is 16.4 Å². The zero-order valence-corrected chi connectivity index (χ0v) is 14.8. The lowest BCUT2D eigenvalue weighted by Gasteiger charge is -2.04. The highest BCUT2D eigenvalue weighted by Crippen LogP contribution is 2.20. The van der Waals surface area contributed by atoms with Gasteiger partial charge in [0.05, 0.1) is 12.1 Å². The number of hydrogen-bond acceptors (Lipinski definition) is 6. The Hall–Kier alpha value is -3.26. The van der Waals surface area contributed by atoms with Crippen LogP contribution in [0.2, 0.25) is 0 Å². The maximum absolute atomic E-state index is 12.1. The predicted octanol–water partition coefficient (Wildman–Crippen LogP) is 2.87. The molecule has 1 aromatic carbocycles. The first-order chi connectivity index (χ1) is 12.5. The molecule has 0 fully saturated rings. The number of rotatable bonds is 6. The third-order valence-electron chi connectivity index (χ3n) is 3.47. The van der Waals surface area contributed by atoms with Gasteiger partial charge in [0.2, 0.25) is 11.8 Å². The minimum Gasteiger partial charge on any atom is -0.366 e. The van der Waals surface area contributed by atoms with Crippen molar-refractivity contribution in [3.63, 3.8) is 0 Å². The SMILES string of the molecule is Cc1cccc(Nc2nc(CC(=O)Nc3ccc(C(N)=O)cc3)cs2)n1. The lowest BCUT2D eigenvalue weighted by Crippen LogP contribution is -2.15. The molecular weight excluding hydrogens is 350 g/mol. The van der Waals surface area contributed by atoms with E-state index in [1.807, 2.05) is 30.5 Å². The van der Waals surface area contributed by atoms with Crippen LogP contribution in [-0.2, 0) is 11.2 Å². The van der Waals surface area contributed by atoms with Gasteiger partial charge in [-0.3, -0.25) is 9.59 Å². The molecule has 4 N–H and O–H groups in total. The zero-order valence-electron chi connectivity index (χ0n) is 14.0. The first kappa shape index (κ1) is 17.6. The fourth-order valence-electron chi connectivity index (χ4n) is 2.26. The van der Waals surface area contributed by atoms with Gasteiger partial charge in [-0.05, 0) is 43.3 Å². The molecule has 0 atom stereocenters. The first-order valence-corrected chi connectivity index (χ1v) is 8.72. The highest BCUT2D eigenvalue weighted by Gasteiger charge is 2.09. The summed E-state index contributed by atoms with van der Waals surface area (Å²) in [5, 5.41) is 8.39. The predicted molar refractivity (Wildman–Crippen MR) is 102 cm³/mol. The zero-order chi connectivity index (χ0) is 18.5. The van der Waals surface area contributed by atoms with Crippen molar-refractivity contribution in [2.75, 3.05) is 10.6 Å². The lowest BCUT2D eigenvalue weighted by atomic mass is 10.2. The highest BCUT2D eigenvalue weighted by molar-refractivity contribution is 7.13. The number of aryl methyl sites for hydroxylation is 1. The van der Waals surface area contributed by atoms with Gasteiger partial charge in [-0.25, -0.2) is 9.97 Å². The molecule has 2 heterocycles. The molecule has 0 saturated heterocycles. The van der Waals surface area contributed by atoms with Crippen LogP contribution in [-0.4, -0.2) is 21.8 Å². The van der Waals surface area contributed by atoms with Crippen molar-refractivity contribution in [2.24, 2.45) is 5.73 Å². The maximum atomic E-state index is 12.1. The molecule has 3 aromatic rings. The van der Waals surface area contributed by atoms with Crippen LogP contribution in [0.5, 0.6) is 0 Å². The molecule has 0 bridgehead atoms. The van der Waals surface area contributed by atoms with E-state index in [1.54, 1.807) is 24.3 Å². The van der Waals surface area contributed by atoms with Crippen molar-refractivity contribution in [3.05, 3.63) is 64.8 Å². The molecule has 0 aliphatic heterocycles. The normalized spacial score (nSPS) is 10.3. The Kier molecular flexibility index (Phi) is 5.23. The van der Waals surface area contributed by atoms with Crippen LogP contribution in [0.1, 0.15) is 21.7 Å². The van der Waals surface area contributed by atoms with Crippen LogP contribution >= 0.6 is 11.3 Å². The average Bonchev–Trinajstić information content (AvgIpc) is 3.02. The summed E-state index contributed by atoms with van der Waals surface area (Å²) in [7, 11) is 0. The van der Waals surface area contributed by atoms with E-state index in [-0.39, 0.29) is 12.3 Å². The molecule has 0 saturated carbocycles. The first-order valence-electron chi connectivity index (χ1n) is 7.84. The quantitative estimate of drug-likeness (QED) is 0.620. The molecule has 2 aromatic heterocycles. The van der Waals surface area contributed by atoms with Crippen LogP contribution in [0.3, 0.4) is 0 Å². The van der Waals surface area contributed by atoms with E-state index >= 15 is 0 Å². The number of aromatic nitrogens is 2. The van der Waals surface area contributed by atoms with Crippen molar-refractivity contribution in [2.45, 2.75) is 13.3 Å². The van der Waals surface area contributed by atoms with E-state index in [0.717, 1.165) is 5.69 Å². The summed E-state index contributed by atoms with van der Waals surface area (Å²) in [6, 6.07) is 12.1. The van der Waals surface area contributed by atoms with Gasteiger partial charge in [0.25, 0.3) is 0 Å². The van der Waals surface area contributed by atoms with E-state index < -0.39 is 5.91 Å². The second-order valence-corrected chi connectivity index (χ2v) is 6.46. The Bertz CT molecular complexity index is 937. The number of nitrogens with one attached hydrogen (secondary N) is 2. The Morgan fingerprint density at radius 3 is 2.58 bits per heavy atom. The van der Waals surface area contributed by atoms with Crippen LogP contribution in [0, 0.1) is 6.92 Å². The largest absolute Gasteiger partial charge is 0.366 e. The second kappa shape index (κ2) is 7.75. The molecule has 26 heavy (non-hydrogen) atoms. The molecule has 8 heteroatoms. The van der Waals surface area contributed by atoms with Gasteiger partial charge in [0.1, 0.15) is 5.82 Å². The Labute approximate surface area is 154 Å². The molecule has 2 amide bonds. The third kappa shape index (κ3) is 4.64. The van der Waals surface area contributed by atoms with E-state index in [0.29, 0.717) is 27.9 Å². The summed E-state index contributed by atoms with van der Waals surface area (Å²) >= 11 is 1.41. The summed E-state index contributed by atoms with van der Waals surface area (Å²) in [6.07, 6.45) is 0.150. The summed E-state index contributed by atoms with van der Waals surface area (Å²) in [5.41, 5.74) is 7.75. The van der Waals surface area contributed by atoms with E-state index in [1.165, 1.54) is 11.3 Å². The number of amides is 2. The Morgan fingerprint density at radius 2 is 1.88 bits per heavy atom. The number of nitrogens with two attached hydrogens (primary N) is 1. The summed E-state index contributed by atoms with van der Waals surface area (Å²) in [5.74, 6) is 0.0146. The number of benzene rings is 1. The van der Waals surface area contributed by atoms with E-state index in [4.69, 9.17) is 5.73 Å². The van der Waals surface area contributed by atoms with Gasteiger partial charge in [-0.15, -0.1) is 11.3 Å². The summed E-state index contributed by atoms with van der Waals surface area (Å²) in [4.78, 5) is 31.9. The van der Waals surface area contributed by atoms with Gasteiger partial charge < -0.3 is 16.4 Å². The highest BCUT2D eigenvalue weighted by atomic mass is 32.1. The van der Waals surface area contributed by atoms with E-state index in [2.05, 4.69) is 20.6 Å². The number of anilines is 3. The number of carbonyl (C=O) groups is 2. The molecular formula is C18H17N5O2S. The second-order valence-electron chi connectivity index (χ2n) is 5.60. The number of primary amides is 1. The summed E-state index contributed by atoms with van der Waals surface area (Å²) in [6.45, 7) is 1.92. The molecule has 132 valence electrons. The number of thiazole rings is 1. The van der Waals surface area contributed by atoms with Gasteiger partial charge in [0, 0.05) is 22.3 Å². The molecule has 7 nitrogen and oxygen atoms in total. The minimum absolute atomic E-state index is 0.150. The average molecular weight is 367 g/mol. The van der Waals surface area contributed by atoms with Crippen molar-refractivity contribution >= 4 is 39.8 Å². The lowest BCUT2D eigenvalue weighted by molar-refractivity contribution is -0.115. The maximum Gasteiger partial charge on any atom is 0.248 e. The molecule has 0 radical (unpaired) electrons. The van der Waals surface area contributed by atoms with Gasteiger partial charge in [-0.1, -0.05) is 6.07 Å². The molecule has 0 aliphatic rings. The molecule has 0 spiro atoms. The third-order valence-corrected chi connectivity index (χ3v) is 4.28. The van der Waals surface area contributed by atoms with Crippen molar-refractivity contribution in [1.29, 1.82) is 0 Å². The summed E-state index contributed by atoms with van der Waals surface area (Å²) < 4.78 is 0. The molecule has 3 rings (SSSR count). The fraction of sp³-hybridized carbons (Fsp3) is 0.111. The fourth-order valence-corrected chi connectivity index (χ4v) is 2.97. The van der Waals surface area contributed by atoms with Gasteiger partial charge in [-0.2, -0.15) is 0 Å². The van der Waals surface area contributed by atoms with E-state index in [9.17, 15) is 9.59 Å². The Morgan fingerprint density at radius 1 is 1.12 bits per heavy atom. The van der Waals surface area contributed by atoms with Crippen molar-refractivity contribution in [1.82, 2.24) is 9.97 Å². The monoisotopic (exact) mass is 367 g/mol. The number of carbonyl (C=O) groups excluding carboxylic acids is 2. The number of hydrogen-bond donors (Lipinski definition) is 3. The topological polar surface area (TPSA) is 110 Å². The number of pyridine rings is 1.